The van der Waals surface area contributed by atoms with Gasteiger partial charge in [0.2, 0.25) is 11.8 Å². The summed E-state index contributed by atoms with van der Waals surface area (Å²) in [4.78, 5) is 28.3. The zero-order valence-corrected chi connectivity index (χ0v) is 24.9. The second kappa shape index (κ2) is 14.1. The van der Waals surface area contributed by atoms with Crippen molar-refractivity contribution in [3.63, 3.8) is 0 Å². The molecule has 0 aliphatic rings. The Labute approximate surface area is 242 Å². The SMILES string of the molecule is CCOc1ccc(S(=O)(=O)N(CC(=O)N(Cc2ccc(F)cc2)[C@@H](C)C(=O)N[C@@H](C)CC)c2ccc(C)cc2)cc1. The predicted octanol–water partition coefficient (Wildman–Crippen LogP) is 5.06. The van der Waals surface area contributed by atoms with E-state index in [1.54, 1.807) is 43.3 Å². The van der Waals surface area contributed by atoms with Crippen LogP contribution in [0.2, 0.25) is 0 Å². The summed E-state index contributed by atoms with van der Waals surface area (Å²) in [6.45, 7) is 8.96. The molecule has 41 heavy (non-hydrogen) atoms. The van der Waals surface area contributed by atoms with Gasteiger partial charge in [0, 0.05) is 12.6 Å². The van der Waals surface area contributed by atoms with Crippen LogP contribution < -0.4 is 14.4 Å². The van der Waals surface area contributed by atoms with Gasteiger partial charge in [-0.25, -0.2) is 12.8 Å². The molecule has 0 saturated carbocycles. The van der Waals surface area contributed by atoms with Crippen molar-refractivity contribution in [2.45, 2.75) is 64.6 Å². The van der Waals surface area contributed by atoms with E-state index in [0.717, 1.165) is 9.87 Å². The number of carbonyl (C=O) groups excluding carboxylic acids is 2. The van der Waals surface area contributed by atoms with Crippen LogP contribution in [0.5, 0.6) is 5.75 Å². The minimum Gasteiger partial charge on any atom is -0.494 e. The lowest BCUT2D eigenvalue weighted by Gasteiger charge is -2.32. The zero-order valence-electron chi connectivity index (χ0n) is 24.1. The van der Waals surface area contributed by atoms with Crippen LogP contribution in [0.15, 0.2) is 77.7 Å². The van der Waals surface area contributed by atoms with E-state index in [1.807, 2.05) is 27.7 Å². The smallest absolute Gasteiger partial charge is 0.264 e. The van der Waals surface area contributed by atoms with Gasteiger partial charge in [-0.05, 0) is 88.2 Å². The maximum Gasteiger partial charge on any atom is 0.264 e. The average Bonchev–Trinajstić information content (AvgIpc) is 2.96. The lowest BCUT2D eigenvalue weighted by Crippen LogP contribution is -2.52. The number of anilines is 1. The van der Waals surface area contributed by atoms with Gasteiger partial charge in [0.1, 0.15) is 24.2 Å². The van der Waals surface area contributed by atoms with Crippen molar-refractivity contribution >= 4 is 27.5 Å². The first-order chi connectivity index (χ1) is 19.5. The first kappa shape index (κ1) is 31.6. The third-order valence-corrected chi connectivity index (χ3v) is 8.55. The Kier molecular flexibility index (Phi) is 10.9. The number of halogens is 1. The molecule has 1 N–H and O–H groups in total. The maximum absolute atomic E-state index is 13.9. The summed E-state index contributed by atoms with van der Waals surface area (Å²) in [5.74, 6) is -0.862. The van der Waals surface area contributed by atoms with E-state index in [9.17, 15) is 22.4 Å². The summed E-state index contributed by atoms with van der Waals surface area (Å²) in [5.41, 5.74) is 1.82. The van der Waals surface area contributed by atoms with Gasteiger partial charge in [0.25, 0.3) is 10.0 Å². The van der Waals surface area contributed by atoms with E-state index >= 15 is 0 Å². The number of rotatable bonds is 13. The summed E-state index contributed by atoms with van der Waals surface area (Å²) in [5, 5.41) is 2.89. The van der Waals surface area contributed by atoms with Crippen molar-refractivity contribution in [2.75, 3.05) is 17.5 Å². The molecule has 0 unspecified atom stereocenters. The Balaban J connectivity index is 2.01. The molecule has 0 radical (unpaired) electrons. The molecule has 0 aliphatic carbocycles. The lowest BCUT2D eigenvalue weighted by molar-refractivity contribution is -0.139. The number of carbonyl (C=O) groups is 2. The van der Waals surface area contributed by atoms with Gasteiger partial charge < -0.3 is 15.0 Å². The number of nitrogens with zero attached hydrogens (tertiary/aromatic N) is 2. The van der Waals surface area contributed by atoms with Gasteiger partial charge in [0.05, 0.1) is 17.2 Å². The summed E-state index contributed by atoms with van der Waals surface area (Å²) < 4.78 is 47.9. The monoisotopic (exact) mass is 583 g/mol. The van der Waals surface area contributed by atoms with Crippen LogP contribution in [0, 0.1) is 12.7 Å². The Hall–Kier alpha value is -3.92. The van der Waals surface area contributed by atoms with Gasteiger partial charge in [-0.1, -0.05) is 36.8 Å². The molecule has 10 heteroatoms. The van der Waals surface area contributed by atoms with E-state index in [2.05, 4.69) is 5.32 Å². The lowest BCUT2D eigenvalue weighted by atomic mass is 10.1. The van der Waals surface area contributed by atoms with Gasteiger partial charge in [-0.2, -0.15) is 0 Å². The quantitative estimate of drug-likeness (QED) is 0.304. The largest absolute Gasteiger partial charge is 0.494 e. The van der Waals surface area contributed by atoms with E-state index < -0.39 is 34.3 Å². The molecule has 220 valence electrons. The first-order valence-electron chi connectivity index (χ1n) is 13.6. The molecule has 0 aliphatic heterocycles. The molecule has 0 bridgehead atoms. The second-order valence-corrected chi connectivity index (χ2v) is 11.8. The molecule has 2 atom stereocenters. The summed E-state index contributed by atoms with van der Waals surface area (Å²) in [6.07, 6.45) is 0.700. The van der Waals surface area contributed by atoms with Crippen molar-refractivity contribution in [3.05, 3.63) is 89.7 Å². The highest BCUT2D eigenvalue weighted by atomic mass is 32.2. The van der Waals surface area contributed by atoms with Crippen molar-refractivity contribution in [1.82, 2.24) is 10.2 Å². The van der Waals surface area contributed by atoms with Gasteiger partial charge >= 0.3 is 0 Å². The van der Waals surface area contributed by atoms with Crippen molar-refractivity contribution in [1.29, 1.82) is 0 Å². The summed E-state index contributed by atoms with van der Waals surface area (Å²) in [7, 11) is -4.19. The molecule has 3 rings (SSSR count). The van der Waals surface area contributed by atoms with E-state index in [-0.39, 0.29) is 23.4 Å². The zero-order chi connectivity index (χ0) is 30.2. The fraction of sp³-hybridized carbons (Fsp3) is 0.355. The van der Waals surface area contributed by atoms with Crippen molar-refractivity contribution in [3.8, 4) is 5.75 Å². The van der Waals surface area contributed by atoms with Crippen LogP contribution in [0.3, 0.4) is 0 Å². The minimum atomic E-state index is -4.19. The van der Waals surface area contributed by atoms with Crippen LogP contribution in [-0.4, -0.2) is 50.4 Å². The highest BCUT2D eigenvalue weighted by Gasteiger charge is 2.32. The van der Waals surface area contributed by atoms with E-state index in [4.69, 9.17) is 4.74 Å². The van der Waals surface area contributed by atoms with Crippen molar-refractivity contribution < 1.29 is 27.1 Å². The van der Waals surface area contributed by atoms with E-state index in [0.29, 0.717) is 30.0 Å². The highest BCUT2D eigenvalue weighted by molar-refractivity contribution is 7.92. The molecule has 3 aromatic carbocycles. The fourth-order valence-corrected chi connectivity index (χ4v) is 5.49. The van der Waals surface area contributed by atoms with Gasteiger partial charge in [-0.15, -0.1) is 0 Å². The van der Waals surface area contributed by atoms with Gasteiger partial charge in [0.15, 0.2) is 0 Å². The first-order valence-corrected chi connectivity index (χ1v) is 15.1. The third kappa shape index (κ3) is 8.29. The molecule has 0 heterocycles. The molecule has 0 fully saturated rings. The fourth-order valence-electron chi connectivity index (χ4n) is 4.08. The highest BCUT2D eigenvalue weighted by Crippen LogP contribution is 2.26. The number of nitrogens with one attached hydrogen (secondary N) is 1. The number of sulfonamides is 1. The predicted molar refractivity (Wildman–Crippen MR) is 158 cm³/mol. The second-order valence-electron chi connectivity index (χ2n) is 9.89. The number of aryl methyl sites for hydroxylation is 1. The Morgan fingerprint density at radius 3 is 2.10 bits per heavy atom. The summed E-state index contributed by atoms with van der Waals surface area (Å²) >= 11 is 0. The molecule has 3 aromatic rings. The Morgan fingerprint density at radius 2 is 1.54 bits per heavy atom. The van der Waals surface area contributed by atoms with E-state index in [1.165, 1.54) is 41.3 Å². The van der Waals surface area contributed by atoms with Gasteiger partial charge in [-0.3, -0.25) is 13.9 Å². The molecule has 0 aromatic heterocycles. The van der Waals surface area contributed by atoms with Crippen molar-refractivity contribution in [2.24, 2.45) is 0 Å². The number of benzene rings is 3. The standard InChI is InChI=1S/C31H38FN3O5S/c1-6-23(4)33-31(37)24(5)34(20-25-10-12-26(32)13-11-25)30(36)21-35(27-14-8-22(3)9-15-27)41(38,39)29-18-16-28(17-19-29)40-7-2/h8-19,23-24H,6-7,20-21H2,1-5H3,(H,33,37)/t23-,24-/m0/s1. The molecular weight excluding hydrogens is 545 g/mol. The minimum absolute atomic E-state index is 0.0121. The molecule has 0 spiro atoms. The van der Waals surface area contributed by atoms with Crippen LogP contribution in [0.4, 0.5) is 10.1 Å². The number of amides is 2. The Morgan fingerprint density at radius 1 is 0.927 bits per heavy atom. The average molecular weight is 584 g/mol. The maximum atomic E-state index is 13.9. The topological polar surface area (TPSA) is 96.0 Å². The Bertz CT molecular complexity index is 1410. The van der Waals surface area contributed by atoms with Crippen LogP contribution in [0.1, 0.15) is 45.2 Å². The molecule has 8 nitrogen and oxygen atoms in total. The van der Waals surface area contributed by atoms with Crippen LogP contribution >= 0.6 is 0 Å². The number of hydrogen-bond donors (Lipinski definition) is 1. The molecule has 0 saturated heterocycles. The molecule has 2 amide bonds. The molecular formula is C31H38FN3O5S. The number of hydrogen-bond acceptors (Lipinski definition) is 5. The normalized spacial score (nSPS) is 12.7. The van der Waals surface area contributed by atoms with Crippen LogP contribution in [0.25, 0.3) is 0 Å². The number of ether oxygens (including phenoxy) is 1. The third-order valence-electron chi connectivity index (χ3n) is 6.76. The summed E-state index contributed by atoms with van der Waals surface area (Å²) in [6, 6.07) is 17.4. The van der Waals surface area contributed by atoms with Crippen LogP contribution in [-0.2, 0) is 26.2 Å².